The Hall–Kier alpha value is -4.32. The highest BCUT2D eigenvalue weighted by atomic mass is 16.5. The van der Waals surface area contributed by atoms with Crippen LogP contribution < -0.4 is 14.2 Å². The largest absolute Gasteiger partial charge is 0.496 e. The molecule has 6 nitrogen and oxygen atoms in total. The zero-order valence-corrected chi connectivity index (χ0v) is 19.7. The summed E-state index contributed by atoms with van der Waals surface area (Å²) in [7, 11) is 4.87. The van der Waals surface area contributed by atoms with Crippen molar-refractivity contribution in [1.82, 2.24) is 0 Å². The molecular formula is C29H23NO5. The van der Waals surface area contributed by atoms with Crippen LogP contribution in [0.1, 0.15) is 27.0 Å². The quantitative estimate of drug-likeness (QED) is 0.344. The summed E-state index contributed by atoms with van der Waals surface area (Å²) in [4.78, 5) is 17.7. The zero-order chi connectivity index (χ0) is 24.1. The van der Waals surface area contributed by atoms with E-state index in [0.29, 0.717) is 17.1 Å². The van der Waals surface area contributed by atoms with Crippen LogP contribution >= 0.6 is 0 Å². The molecule has 0 spiro atoms. The second-order valence-corrected chi connectivity index (χ2v) is 8.57. The fourth-order valence-corrected chi connectivity index (χ4v) is 5.03. The van der Waals surface area contributed by atoms with E-state index in [4.69, 9.17) is 23.9 Å². The Morgan fingerprint density at radius 3 is 2.34 bits per heavy atom. The number of carbonyl (C=O) groups is 1. The number of hydrogen-bond donors (Lipinski definition) is 0. The minimum absolute atomic E-state index is 0.247. The van der Waals surface area contributed by atoms with Crippen LogP contribution in [0.3, 0.4) is 0 Å². The molecule has 0 aliphatic carbocycles. The molecule has 0 bridgehead atoms. The highest BCUT2D eigenvalue weighted by Crippen LogP contribution is 2.43. The molecule has 0 aromatic heterocycles. The number of para-hydroxylation sites is 1. The number of ether oxygens (including phenoxy) is 4. The van der Waals surface area contributed by atoms with E-state index in [1.165, 1.54) is 5.56 Å². The van der Waals surface area contributed by atoms with Gasteiger partial charge in [-0.05, 0) is 58.3 Å². The van der Waals surface area contributed by atoms with Crippen molar-refractivity contribution in [2.75, 3.05) is 21.3 Å². The lowest BCUT2D eigenvalue weighted by Crippen LogP contribution is -2.05. The predicted octanol–water partition coefficient (Wildman–Crippen LogP) is 5.88. The van der Waals surface area contributed by atoms with Gasteiger partial charge in [0, 0.05) is 23.1 Å². The van der Waals surface area contributed by atoms with Crippen molar-refractivity contribution in [3.05, 3.63) is 82.9 Å². The van der Waals surface area contributed by atoms with Gasteiger partial charge in [-0.1, -0.05) is 24.3 Å². The number of hydrogen-bond acceptors (Lipinski definition) is 6. The minimum atomic E-state index is -0.324. The highest BCUT2D eigenvalue weighted by Gasteiger charge is 2.29. The molecule has 35 heavy (non-hydrogen) atoms. The molecule has 0 amide bonds. The first-order chi connectivity index (χ1) is 17.1. The summed E-state index contributed by atoms with van der Waals surface area (Å²) in [6.07, 6.45) is 0.719. The van der Waals surface area contributed by atoms with Crippen molar-refractivity contribution in [3.8, 4) is 28.4 Å². The summed E-state index contributed by atoms with van der Waals surface area (Å²) in [6.45, 7) is 0.247. The van der Waals surface area contributed by atoms with Crippen molar-refractivity contribution in [1.29, 1.82) is 0 Å². The first kappa shape index (κ1) is 21.2. The minimum Gasteiger partial charge on any atom is -0.496 e. The van der Waals surface area contributed by atoms with Crippen LogP contribution in [-0.4, -0.2) is 33.0 Å². The molecule has 0 atom stereocenters. The molecule has 2 aliphatic rings. The van der Waals surface area contributed by atoms with Crippen molar-refractivity contribution >= 4 is 28.1 Å². The number of carbonyl (C=O) groups excluding carboxylic acids is 1. The molecule has 4 aromatic rings. The smallest absolute Gasteiger partial charge is 0.339 e. The molecule has 0 saturated heterocycles. The SMILES string of the molecule is COc1cc2cc3c(c(-c4ccc(OC)c(C5=Nc6ccccc6C5)c4)c2cc1OC)C(=O)OC3. The maximum atomic E-state index is 12.9. The normalized spacial score (nSPS) is 13.8. The Bertz CT molecular complexity index is 1550. The Morgan fingerprint density at radius 1 is 0.800 bits per heavy atom. The van der Waals surface area contributed by atoms with Crippen LogP contribution in [0.4, 0.5) is 5.69 Å². The van der Waals surface area contributed by atoms with Gasteiger partial charge in [0.15, 0.2) is 11.5 Å². The number of rotatable bonds is 5. The summed E-state index contributed by atoms with van der Waals surface area (Å²) in [6, 6.07) is 19.9. The van der Waals surface area contributed by atoms with Crippen LogP contribution in [0.2, 0.25) is 0 Å². The van der Waals surface area contributed by atoms with Gasteiger partial charge in [-0.3, -0.25) is 4.99 Å². The second-order valence-electron chi connectivity index (χ2n) is 8.57. The molecule has 6 heteroatoms. The molecule has 0 saturated carbocycles. The van der Waals surface area contributed by atoms with Crippen LogP contribution in [0.15, 0.2) is 65.7 Å². The second kappa shape index (κ2) is 8.17. The monoisotopic (exact) mass is 465 g/mol. The van der Waals surface area contributed by atoms with Gasteiger partial charge in [-0.2, -0.15) is 0 Å². The molecule has 0 N–H and O–H groups in total. The van der Waals surface area contributed by atoms with E-state index >= 15 is 0 Å². The topological polar surface area (TPSA) is 66.3 Å². The lowest BCUT2D eigenvalue weighted by atomic mass is 9.89. The number of methoxy groups -OCH3 is 3. The van der Waals surface area contributed by atoms with E-state index in [2.05, 4.69) is 12.1 Å². The summed E-state index contributed by atoms with van der Waals surface area (Å²) in [5.74, 6) is 1.63. The van der Waals surface area contributed by atoms with Crippen molar-refractivity contribution in [3.63, 3.8) is 0 Å². The number of benzene rings is 4. The number of fused-ring (bicyclic) bond motifs is 3. The van der Waals surface area contributed by atoms with Crippen LogP contribution in [0.5, 0.6) is 17.2 Å². The average molecular weight is 466 g/mol. The lowest BCUT2D eigenvalue weighted by Gasteiger charge is -2.16. The molecule has 6 rings (SSSR count). The van der Waals surface area contributed by atoms with E-state index in [1.54, 1.807) is 21.3 Å². The average Bonchev–Trinajstić information content (AvgIpc) is 3.49. The summed E-state index contributed by atoms with van der Waals surface area (Å²) in [5.41, 5.74) is 7.11. The van der Waals surface area contributed by atoms with Gasteiger partial charge in [-0.25, -0.2) is 4.79 Å². The fourth-order valence-electron chi connectivity index (χ4n) is 5.03. The third-order valence-electron chi connectivity index (χ3n) is 6.69. The van der Waals surface area contributed by atoms with Gasteiger partial charge >= 0.3 is 5.97 Å². The Labute approximate surface area is 202 Å². The van der Waals surface area contributed by atoms with E-state index in [1.807, 2.05) is 48.5 Å². The van der Waals surface area contributed by atoms with Crippen molar-refractivity contribution < 1.29 is 23.7 Å². The third-order valence-corrected chi connectivity index (χ3v) is 6.69. The Kier molecular flexibility index (Phi) is 4.95. The first-order valence-electron chi connectivity index (χ1n) is 11.3. The van der Waals surface area contributed by atoms with E-state index in [-0.39, 0.29) is 12.6 Å². The zero-order valence-electron chi connectivity index (χ0n) is 19.7. The van der Waals surface area contributed by atoms with Crippen LogP contribution in [-0.2, 0) is 17.8 Å². The predicted molar refractivity (Wildman–Crippen MR) is 135 cm³/mol. The van der Waals surface area contributed by atoms with E-state index in [0.717, 1.165) is 56.6 Å². The van der Waals surface area contributed by atoms with Gasteiger partial charge in [0.2, 0.25) is 0 Å². The molecule has 4 aromatic carbocycles. The van der Waals surface area contributed by atoms with Gasteiger partial charge < -0.3 is 18.9 Å². The molecule has 174 valence electrons. The number of nitrogens with zero attached hydrogens (tertiary/aromatic N) is 1. The number of esters is 1. The number of cyclic esters (lactones) is 1. The summed E-state index contributed by atoms with van der Waals surface area (Å²) in [5, 5.41) is 1.82. The van der Waals surface area contributed by atoms with Crippen LogP contribution in [0, 0.1) is 0 Å². The van der Waals surface area contributed by atoms with E-state index in [9.17, 15) is 4.79 Å². The maximum absolute atomic E-state index is 12.9. The highest BCUT2D eigenvalue weighted by molar-refractivity contribution is 6.13. The maximum Gasteiger partial charge on any atom is 0.339 e. The first-order valence-corrected chi connectivity index (χ1v) is 11.3. The van der Waals surface area contributed by atoms with E-state index < -0.39 is 0 Å². The Balaban J connectivity index is 1.60. The molecule has 2 aliphatic heterocycles. The van der Waals surface area contributed by atoms with Crippen molar-refractivity contribution in [2.45, 2.75) is 13.0 Å². The lowest BCUT2D eigenvalue weighted by molar-refractivity contribution is 0.0535. The molecule has 0 fully saturated rings. The third kappa shape index (κ3) is 3.33. The molecule has 0 unspecified atom stereocenters. The Morgan fingerprint density at radius 2 is 1.57 bits per heavy atom. The molecule has 0 radical (unpaired) electrons. The van der Waals surface area contributed by atoms with Crippen LogP contribution in [0.25, 0.3) is 21.9 Å². The van der Waals surface area contributed by atoms with Gasteiger partial charge in [0.25, 0.3) is 0 Å². The number of aliphatic imine (C=N–C) groups is 1. The molecule has 2 heterocycles. The fraction of sp³-hybridized carbons (Fsp3) is 0.172. The van der Waals surface area contributed by atoms with Crippen molar-refractivity contribution in [2.24, 2.45) is 4.99 Å². The molecular weight excluding hydrogens is 442 g/mol. The standard InChI is InChI=1S/C29H23NO5/c1-32-24-9-8-17(11-21(24)23-12-16-6-4-5-7-22(16)30-23)27-20-14-26(34-3)25(33-2)13-18(20)10-19-15-35-29(31)28(19)27/h4-11,13-14H,12,15H2,1-3H3. The van der Waals surface area contributed by atoms with Gasteiger partial charge in [0.05, 0.1) is 38.3 Å². The van der Waals surface area contributed by atoms with Gasteiger partial charge in [0.1, 0.15) is 12.4 Å². The van der Waals surface area contributed by atoms with Gasteiger partial charge in [-0.15, -0.1) is 0 Å². The summed E-state index contributed by atoms with van der Waals surface area (Å²) >= 11 is 0. The summed E-state index contributed by atoms with van der Waals surface area (Å²) < 4.78 is 22.2.